The van der Waals surface area contributed by atoms with Gasteiger partial charge in [-0.05, 0) is 62.2 Å². The van der Waals surface area contributed by atoms with Crippen molar-refractivity contribution < 1.29 is 14.7 Å². The fourth-order valence-electron chi connectivity index (χ4n) is 4.39. The Morgan fingerprint density at radius 3 is 2.59 bits per heavy atom. The Morgan fingerprint density at radius 2 is 1.90 bits per heavy atom. The molecule has 3 heterocycles. The SMILES string of the molecule is O=C(O)CN1CCC(CC2CC(c3ccc(C=NN4CCCC4)cc3)=NO2)CC1. The first-order chi connectivity index (χ1) is 14.2. The topological polar surface area (TPSA) is 77.7 Å². The molecule has 1 N–H and O–H groups in total. The summed E-state index contributed by atoms with van der Waals surface area (Å²) in [5, 5.41) is 19.9. The Hall–Kier alpha value is -2.41. The summed E-state index contributed by atoms with van der Waals surface area (Å²) in [5.41, 5.74) is 3.23. The summed E-state index contributed by atoms with van der Waals surface area (Å²) in [6.45, 7) is 3.99. The number of hydrazone groups is 1. The normalized spacial score (nSPS) is 23.5. The number of carboxylic acid groups (broad SMARTS) is 1. The molecule has 3 aliphatic heterocycles. The van der Waals surface area contributed by atoms with Gasteiger partial charge < -0.3 is 9.94 Å². The first kappa shape index (κ1) is 19.9. The van der Waals surface area contributed by atoms with Crippen LogP contribution < -0.4 is 0 Å². The molecule has 3 aliphatic rings. The average molecular weight is 399 g/mol. The maximum Gasteiger partial charge on any atom is 0.317 e. The van der Waals surface area contributed by atoms with Gasteiger partial charge in [-0.15, -0.1) is 0 Å². The first-order valence-corrected chi connectivity index (χ1v) is 10.7. The second-order valence-corrected chi connectivity index (χ2v) is 8.35. The van der Waals surface area contributed by atoms with E-state index in [0.29, 0.717) is 5.92 Å². The summed E-state index contributed by atoms with van der Waals surface area (Å²) in [6.07, 6.45) is 8.45. The van der Waals surface area contributed by atoms with Gasteiger partial charge in [0.15, 0.2) is 0 Å². The van der Waals surface area contributed by atoms with E-state index in [1.165, 1.54) is 12.8 Å². The summed E-state index contributed by atoms with van der Waals surface area (Å²) in [5.74, 6) is -0.155. The zero-order valence-electron chi connectivity index (χ0n) is 16.9. The Labute approximate surface area is 172 Å². The molecule has 156 valence electrons. The largest absolute Gasteiger partial charge is 0.480 e. The molecular weight excluding hydrogens is 368 g/mol. The zero-order valence-corrected chi connectivity index (χ0v) is 16.9. The number of benzene rings is 1. The molecule has 0 spiro atoms. The molecule has 4 rings (SSSR count). The van der Waals surface area contributed by atoms with E-state index in [4.69, 9.17) is 9.94 Å². The van der Waals surface area contributed by atoms with Crippen LogP contribution in [0.4, 0.5) is 0 Å². The van der Waals surface area contributed by atoms with Crippen molar-refractivity contribution in [3.8, 4) is 0 Å². The lowest BCUT2D eigenvalue weighted by atomic mass is 9.89. The highest BCUT2D eigenvalue weighted by molar-refractivity contribution is 6.01. The second-order valence-electron chi connectivity index (χ2n) is 8.35. The Bertz CT molecular complexity index is 748. The van der Waals surface area contributed by atoms with E-state index in [2.05, 4.69) is 39.5 Å². The Kier molecular flexibility index (Phi) is 6.44. The van der Waals surface area contributed by atoms with Gasteiger partial charge in [0.05, 0.1) is 18.5 Å². The monoisotopic (exact) mass is 398 g/mol. The van der Waals surface area contributed by atoms with Crippen molar-refractivity contribution in [2.45, 2.75) is 44.6 Å². The lowest BCUT2D eigenvalue weighted by molar-refractivity contribution is -0.138. The Morgan fingerprint density at radius 1 is 1.17 bits per heavy atom. The number of nitrogens with zero attached hydrogens (tertiary/aromatic N) is 4. The van der Waals surface area contributed by atoms with Crippen LogP contribution in [0.5, 0.6) is 0 Å². The highest BCUT2D eigenvalue weighted by atomic mass is 16.6. The fraction of sp³-hybridized carbons (Fsp3) is 0.591. The predicted octanol–water partition coefficient (Wildman–Crippen LogP) is 2.80. The minimum Gasteiger partial charge on any atom is -0.480 e. The van der Waals surface area contributed by atoms with Gasteiger partial charge in [0, 0.05) is 19.5 Å². The van der Waals surface area contributed by atoms with E-state index in [1.807, 2.05) is 11.1 Å². The number of carbonyl (C=O) groups is 1. The van der Waals surface area contributed by atoms with Crippen molar-refractivity contribution >= 4 is 17.9 Å². The summed E-state index contributed by atoms with van der Waals surface area (Å²) < 4.78 is 0. The third-order valence-electron chi connectivity index (χ3n) is 6.09. The van der Waals surface area contributed by atoms with Crippen LogP contribution in [0.1, 0.15) is 49.7 Å². The first-order valence-electron chi connectivity index (χ1n) is 10.7. The highest BCUT2D eigenvalue weighted by Gasteiger charge is 2.28. The van der Waals surface area contributed by atoms with Gasteiger partial charge in [0.25, 0.3) is 0 Å². The van der Waals surface area contributed by atoms with Crippen LogP contribution in [-0.2, 0) is 9.63 Å². The molecule has 0 amide bonds. The van der Waals surface area contributed by atoms with E-state index in [1.54, 1.807) is 0 Å². The summed E-state index contributed by atoms with van der Waals surface area (Å²) in [6, 6.07) is 8.37. The number of likely N-dealkylation sites (tertiary alicyclic amines) is 1. The summed E-state index contributed by atoms with van der Waals surface area (Å²) in [4.78, 5) is 18.6. The van der Waals surface area contributed by atoms with Gasteiger partial charge in [-0.3, -0.25) is 14.7 Å². The highest BCUT2D eigenvalue weighted by Crippen LogP contribution is 2.28. The molecule has 7 nitrogen and oxygen atoms in total. The van der Waals surface area contributed by atoms with Crippen LogP contribution in [0.2, 0.25) is 0 Å². The molecule has 1 aromatic rings. The third kappa shape index (κ3) is 5.56. The predicted molar refractivity (Wildman–Crippen MR) is 112 cm³/mol. The van der Waals surface area contributed by atoms with Crippen LogP contribution in [0.15, 0.2) is 34.5 Å². The standard InChI is InChI=1S/C22H30N4O3/c27-22(28)16-25-11-7-17(8-12-25)13-20-14-21(24-29-20)19-5-3-18(4-6-19)15-23-26-9-1-2-10-26/h3-6,15,17,20H,1-2,7-14,16H2,(H,27,28). The summed E-state index contributed by atoms with van der Waals surface area (Å²) in [7, 11) is 0. The molecule has 0 aromatic heterocycles. The molecule has 7 heteroatoms. The van der Waals surface area contributed by atoms with Crippen molar-refractivity contribution in [3.63, 3.8) is 0 Å². The number of aliphatic carboxylic acids is 1. The average Bonchev–Trinajstić information content (AvgIpc) is 3.40. The van der Waals surface area contributed by atoms with Crippen LogP contribution in [0.3, 0.4) is 0 Å². The van der Waals surface area contributed by atoms with Gasteiger partial charge >= 0.3 is 5.97 Å². The van der Waals surface area contributed by atoms with E-state index in [0.717, 1.165) is 68.7 Å². The van der Waals surface area contributed by atoms with E-state index < -0.39 is 5.97 Å². The van der Waals surface area contributed by atoms with Gasteiger partial charge in [-0.1, -0.05) is 29.4 Å². The number of oxime groups is 1. The van der Waals surface area contributed by atoms with E-state index in [9.17, 15) is 4.79 Å². The Balaban J connectivity index is 1.23. The number of rotatable bonds is 7. The minimum absolute atomic E-state index is 0.137. The molecule has 0 radical (unpaired) electrons. The molecule has 1 atom stereocenters. The van der Waals surface area contributed by atoms with E-state index >= 15 is 0 Å². The van der Waals surface area contributed by atoms with Gasteiger partial charge in [0.2, 0.25) is 0 Å². The maximum atomic E-state index is 10.8. The van der Waals surface area contributed by atoms with Crippen LogP contribution >= 0.6 is 0 Å². The molecule has 29 heavy (non-hydrogen) atoms. The zero-order chi connectivity index (χ0) is 20.1. The molecule has 0 saturated carbocycles. The third-order valence-corrected chi connectivity index (χ3v) is 6.09. The van der Waals surface area contributed by atoms with Gasteiger partial charge in [-0.2, -0.15) is 5.10 Å². The summed E-state index contributed by atoms with van der Waals surface area (Å²) >= 11 is 0. The molecular formula is C22H30N4O3. The van der Waals surface area contributed by atoms with Crippen molar-refractivity contribution in [1.29, 1.82) is 0 Å². The van der Waals surface area contributed by atoms with Crippen molar-refractivity contribution in [2.75, 3.05) is 32.7 Å². The lowest BCUT2D eigenvalue weighted by Gasteiger charge is -2.31. The molecule has 1 aromatic carbocycles. The van der Waals surface area contributed by atoms with E-state index in [-0.39, 0.29) is 12.6 Å². The van der Waals surface area contributed by atoms with Crippen molar-refractivity contribution in [2.24, 2.45) is 16.2 Å². The molecule has 2 saturated heterocycles. The second kappa shape index (κ2) is 9.39. The molecule has 0 bridgehead atoms. The number of carboxylic acids is 1. The fourth-order valence-corrected chi connectivity index (χ4v) is 4.39. The lowest BCUT2D eigenvalue weighted by Crippen LogP contribution is -2.38. The van der Waals surface area contributed by atoms with Crippen molar-refractivity contribution in [3.05, 3.63) is 35.4 Å². The van der Waals surface area contributed by atoms with Gasteiger partial charge in [0.1, 0.15) is 6.10 Å². The van der Waals surface area contributed by atoms with Gasteiger partial charge in [-0.25, -0.2) is 0 Å². The molecule has 1 unspecified atom stereocenters. The van der Waals surface area contributed by atoms with Crippen LogP contribution in [0, 0.1) is 5.92 Å². The number of hydrogen-bond donors (Lipinski definition) is 1. The maximum absolute atomic E-state index is 10.8. The smallest absolute Gasteiger partial charge is 0.317 e. The molecule has 0 aliphatic carbocycles. The van der Waals surface area contributed by atoms with Crippen LogP contribution in [0.25, 0.3) is 0 Å². The number of hydrogen-bond acceptors (Lipinski definition) is 6. The number of piperidine rings is 1. The molecule has 2 fully saturated rings. The van der Waals surface area contributed by atoms with Crippen molar-refractivity contribution in [1.82, 2.24) is 9.91 Å². The quantitative estimate of drug-likeness (QED) is 0.715. The van der Waals surface area contributed by atoms with Crippen LogP contribution in [-0.4, -0.2) is 71.7 Å². The minimum atomic E-state index is -0.742.